The Kier molecular flexibility index (Phi) is 15.7. The van der Waals surface area contributed by atoms with Gasteiger partial charge in [0, 0.05) is 44.9 Å². The number of rotatable bonds is 21. The van der Waals surface area contributed by atoms with E-state index < -0.39 is 24.0 Å². The second-order valence-electron chi connectivity index (χ2n) is 19.8. The number of nitrogens with zero attached hydrogens (tertiary/aromatic N) is 7. The topological polar surface area (TPSA) is 219 Å². The minimum atomic E-state index is -3.77. The van der Waals surface area contributed by atoms with Gasteiger partial charge < -0.3 is 39.2 Å². The minimum Gasteiger partial charge on any atom is -0.485 e. The second kappa shape index (κ2) is 23.1. The maximum absolute atomic E-state index is 15.6. The number of benzene rings is 3. The summed E-state index contributed by atoms with van der Waals surface area (Å²) >= 11 is 8.93. The lowest BCUT2D eigenvalue weighted by Crippen LogP contribution is -2.31. The summed E-state index contributed by atoms with van der Waals surface area (Å²) in [6.45, 7) is 4.94. The van der Waals surface area contributed by atoms with Crippen molar-refractivity contribution in [3.05, 3.63) is 129 Å². The Morgan fingerprint density at radius 2 is 1.74 bits per heavy atom. The number of imide groups is 1. The molecule has 0 spiro atoms. The van der Waals surface area contributed by atoms with Gasteiger partial charge in [-0.1, -0.05) is 52.8 Å². The van der Waals surface area contributed by atoms with Crippen molar-refractivity contribution in [2.24, 2.45) is 0 Å². The van der Waals surface area contributed by atoms with E-state index in [2.05, 4.69) is 35.4 Å². The first kappa shape index (κ1) is 55.3. The van der Waals surface area contributed by atoms with Crippen LogP contribution >= 0.6 is 34.7 Å². The Labute approximate surface area is 474 Å². The number of likely N-dealkylation sites (tertiary alicyclic amines) is 1. The van der Waals surface area contributed by atoms with Crippen LogP contribution in [0.3, 0.4) is 0 Å². The van der Waals surface area contributed by atoms with Crippen LogP contribution in [0.1, 0.15) is 56.9 Å². The van der Waals surface area contributed by atoms with Crippen molar-refractivity contribution in [3.63, 3.8) is 0 Å². The van der Waals surface area contributed by atoms with Crippen LogP contribution in [0.4, 0.5) is 23.8 Å². The summed E-state index contributed by atoms with van der Waals surface area (Å²) in [7, 11) is 0. The first-order valence-electron chi connectivity index (χ1n) is 25.9. The molecular weight excluding hydrogens is 1120 g/mol. The zero-order valence-corrected chi connectivity index (χ0v) is 45.9. The Balaban J connectivity index is 0.597. The monoisotopic (exact) mass is 1170 g/mol. The molecule has 4 aliphatic rings. The van der Waals surface area contributed by atoms with Crippen LogP contribution in [0.2, 0.25) is 5.02 Å². The van der Waals surface area contributed by atoms with Crippen molar-refractivity contribution in [1.82, 2.24) is 40.1 Å². The molecule has 420 valence electrons. The average molecular weight is 1170 g/mol. The van der Waals surface area contributed by atoms with Crippen LogP contribution in [0, 0.1) is 13.8 Å². The molecule has 7 heterocycles. The number of anilines is 1. The summed E-state index contributed by atoms with van der Waals surface area (Å²) in [5, 5.41) is 14.2. The highest BCUT2D eigenvalue weighted by atomic mass is 35.5. The number of carbonyl (C=O) groups is 5. The number of fused-ring (bicyclic) bond motifs is 2. The van der Waals surface area contributed by atoms with Gasteiger partial charge in [0.1, 0.15) is 23.4 Å². The fourth-order valence-corrected chi connectivity index (χ4v) is 11.9. The van der Waals surface area contributed by atoms with Crippen LogP contribution < -0.4 is 24.8 Å². The molecule has 3 fully saturated rings. The number of pyridine rings is 2. The maximum Gasteiger partial charge on any atom is 0.586 e. The number of alkyl halides is 3. The Bertz CT molecular complexity index is 3600. The molecule has 0 bridgehead atoms. The summed E-state index contributed by atoms with van der Waals surface area (Å²) in [4.78, 5) is 77.4. The largest absolute Gasteiger partial charge is 0.586 e. The molecule has 0 radical (unpaired) electrons. The second-order valence-corrected chi connectivity index (χ2v) is 22.3. The highest BCUT2D eigenvalue weighted by molar-refractivity contribution is 8.14. The predicted octanol–water partition coefficient (Wildman–Crippen LogP) is 9.06. The molecule has 3 aliphatic heterocycles. The molecule has 2 N–H and O–H groups in total. The number of hydrogen-bond acceptors (Lipinski definition) is 16. The number of thioether (sulfide) groups is 1. The molecule has 4 aromatic heterocycles. The van der Waals surface area contributed by atoms with Gasteiger partial charge >= 0.3 is 6.29 Å². The molecule has 1 saturated carbocycles. The first-order valence-corrected chi connectivity index (χ1v) is 28.0. The number of carbonyl (C=O) groups excluding carboxylic acids is 5. The average Bonchev–Trinajstić information content (AvgIpc) is 3.77. The zero-order chi connectivity index (χ0) is 56.6. The maximum atomic E-state index is 15.6. The molecule has 0 unspecified atom stereocenters. The third-order valence-corrected chi connectivity index (χ3v) is 16.4. The van der Waals surface area contributed by atoms with E-state index in [1.54, 1.807) is 59.5 Å². The summed E-state index contributed by atoms with van der Waals surface area (Å²) < 4.78 is 72.2. The van der Waals surface area contributed by atoms with Crippen LogP contribution in [0.5, 0.6) is 17.2 Å². The molecule has 3 aromatic carbocycles. The number of halogens is 4. The number of aryl methyl sites for hydroxylation is 2. The van der Waals surface area contributed by atoms with Gasteiger partial charge in [-0.05, 0) is 98.0 Å². The molecule has 2 saturated heterocycles. The number of amides is 5. The molecule has 81 heavy (non-hydrogen) atoms. The van der Waals surface area contributed by atoms with Crippen LogP contribution in [0.15, 0.2) is 91.3 Å². The third-order valence-electron chi connectivity index (χ3n) is 14.1. The molecule has 25 heteroatoms. The SMILES string of the molecule is Cc1ccc(NC(=O)C2(c3ccc4c(c3)OC(F)(F)O4)CC2)nc1-c1cccc(C(=O)NCCn2cc(COCCOCCC(=O)N3C[C@H](F)[C@H](Oc4c(C)cc(Cl)cc4-c4ccnc5cc(CN6C(=O)CSC6=O)sc45)C3)nn2)c1. The fraction of sp³-hybridized carbons (Fsp3) is 0.339. The van der Waals surface area contributed by atoms with Gasteiger partial charge in [-0.3, -0.25) is 38.5 Å². The summed E-state index contributed by atoms with van der Waals surface area (Å²) in [6, 6.07) is 22.0. The normalized spacial score (nSPS) is 17.8. The van der Waals surface area contributed by atoms with E-state index in [4.69, 9.17) is 30.8 Å². The summed E-state index contributed by atoms with van der Waals surface area (Å²) in [6.07, 6.45) is -1.76. The van der Waals surface area contributed by atoms with E-state index in [-0.39, 0.29) is 105 Å². The molecule has 1 aliphatic carbocycles. The number of nitrogens with one attached hydrogen (secondary N) is 2. The first-order chi connectivity index (χ1) is 39.0. The molecule has 7 aromatic rings. The minimum absolute atomic E-state index is 0.0281. The van der Waals surface area contributed by atoms with Crippen molar-refractivity contribution in [3.8, 4) is 39.6 Å². The van der Waals surface area contributed by atoms with Gasteiger partial charge in [0.25, 0.3) is 11.1 Å². The summed E-state index contributed by atoms with van der Waals surface area (Å²) in [5.41, 5.74) is 5.29. The van der Waals surface area contributed by atoms with Gasteiger partial charge in [0.15, 0.2) is 17.7 Å². The fourth-order valence-electron chi connectivity index (χ4n) is 9.82. The van der Waals surface area contributed by atoms with Gasteiger partial charge in [-0.15, -0.1) is 25.2 Å². The molecular formula is C56H51ClF3N9O10S2. The van der Waals surface area contributed by atoms with Gasteiger partial charge in [0.2, 0.25) is 17.7 Å². The van der Waals surface area contributed by atoms with Crippen molar-refractivity contribution in [1.29, 1.82) is 0 Å². The van der Waals surface area contributed by atoms with E-state index in [9.17, 15) is 32.8 Å². The van der Waals surface area contributed by atoms with E-state index in [0.717, 1.165) is 32.5 Å². The van der Waals surface area contributed by atoms with E-state index in [0.29, 0.717) is 80.7 Å². The summed E-state index contributed by atoms with van der Waals surface area (Å²) in [5.74, 6) is -0.565. The Morgan fingerprint density at radius 3 is 2.56 bits per heavy atom. The highest BCUT2D eigenvalue weighted by Crippen LogP contribution is 2.52. The van der Waals surface area contributed by atoms with Crippen molar-refractivity contribution < 1.29 is 60.8 Å². The lowest BCUT2D eigenvalue weighted by molar-refractivity contribution is -0.286. The van der Waals surface area contributed by atoms with Gasteiger partial charge in [0.05, 0.1) is 92.3 Å². The van der Waals surface area contributed by atoms with E-state index in [1.165, 1.54) is 33.3 Å². The number of ether oxygens (including phenoxy) is 5. The lowest BCUT2D eigenvalue weighted by atomic mass is 9.94. The van der Waals surface area contributed by atoms with Crippen LogP contribution in [-0.2, 0) is 49.0 Å². The quantitative estimate of drug-likeness (QED) is 0.0642. The molecule has 11 rings (SSSR count). The highest BCUT2D eigenvalue weighted by Gasteiger charge is 2.53. The standard InChI is InChI=1S/C56H51ClF3N9O10S2/c1-31-6-9-46(64-53(73)55(12-13-55)35-7-8-43-44(22-35)79-56(59,60)78-43)63-49(31)33-4-3-5-34(21-33)52(72)62-15-16-68-25-37(65-66-68)29-76-19-18-75-17-11-47(70)67-27-41(58)45(28-67)77-50-32(2)20-36(57)23-40(50)39-10-14-61-42-24-38(81-51(39)42)26-69-48(71)30-80-54(69)74/h3-10,14,20-25,41,45H,11-13,15-19,26-30H2,1-2H3,(H,62,72)(H,63,64,73)/t41-,45+/m0/s1. The number of thiophene rings is 1. The molecule has 2 atom stereocenters. The number of hydrogen-bond donors (Lipinski definition) is 2. The predicted molar refractivity (Wildman–Crippen MR) is 293 cm³/mol. The smallest absolute Gasteiger partial charge is 0.485 e. The Morgan fingerprint density at radius 1 is 0.914 bits per heavy atom. The van der Waals surface area contributed by atoms with Crippen LogP contribution in [0.25, 0.3) is 32.6 Å². The van der Waals surface area contributed by atoms with E-state index in [1.807, 2.05) is 38.1 Å². The van der Waals surface area contributed by atoms with Crippen molar-refractivity contribution in [2.75, 3.05) is 50.5 Å². The van der Waals surface area contributed by atoms with Gasteiger partial charge in [-0.2, -0.15) is 0 Å². The third kappa shape index (κ3) is 12.2. The molecule has 19 nitrogen and oxygen atoms in total. The van der Waals surface area contributed by atoms with Crippen molar-refractivity contribution >= 4 is 79.6 Å². The lowest BCUT2D eigenvalue weighted by Gasteiger charge is -2.21. The van der Waals surface area contributed by atoms with Crippen LogP contribution in [-0.4, -0.2) is 127 Å². The Hall–Kier alpha value is -7.64. The zero-order valence-electron chi connectivity index (χ0n) is 43.5. The number of aromatic nitrogens is 5. The van der Waals surface area contributed by atoms with Gasteiger partial charge in [-0.25, -0.2) is 9.37 Å². The van der Waals surface area contributed by atoms with E-state index >= 15 is 4.39 Å². The van der Waals surface area contributed by atoms with Crippen molar-refractivity contribution in [2.45, 2.75) is 76.8 Å². The molecule has 5 amide bonds.